The molecular formula is C17H30IN5O2. The molecule has 8 heteroatoms. The molecule has 1 aromatic rings. The van der Waals surface area contributed by atoms with Crippen LogP contribution < -0.4 is 10.6 Å². The number of likely N-dealkylation sites (N-methyl/N-ethyl adjacent to an activating group) is 1. The van der Waals surface area contributed by atoms with Gasteiger partial charge in [-0.15, -0.1) is 24.0 Å². The van der Waals surface area contributed by atoms with Crippen molar-refractivity contribution in [3.8, 4) is 0 Å². The summed E-state index contributed by atoms with van der Waals surface area (Å²) in [6.45, 7) is 3.93. The molecule has 2 rings (SSSR count). The van der Waals surface area contributed by atoms with E-state index >= 15 is 0 Å². The van der Waals surface area contributed by atoms with Gasteiger partial charge in [-0.2, -0.15) is 0 Å². The number of furan rings is 1. The highest BCUT2D eigenvalue weighted by Gasteiger charge is 2.22. The number of hydrogen-bond donors (Lipinski definition) is 2. The SMILES string of the molecule is CN=C(NCC(c1ccco1)N(C)C)NC1CCN(C(C)=O)CC1.I. The second-order valence-electron chi connectivity index (χ2n) is 6.37. The number of halogens is 1. The summed E-state index contributed by atoms with van der Waals surface area (Å²) in [5.41, 5.74) is 0. The highest BCUT2D eigenvalue weighted by atomic mass is 127. The zero-order valence-corrected chi connectivity index (χ0v) is 17.8. The van der Waals surface area contributed by atoms with Gasteiger partial charge in [-0.1, -0.05) is 0 Å². The van der Waals surface area contributed by atoms with Crippen LogP contribution in [0, 0.1) is 0 Å². The van der Waals surface area contributed by atoms with Gasteiger partial charge >= 0.3 is 0 Å². The predicted molar refractivity (Wildman–Crippen MR) is 110 cm³/mol. The summed E-state index contributed by atoms with van der Waals surface area (Å²) in [4.78, 5) is 19.7. The highest BCUT2D eigenvalue weighted by Crippen LogP contribution is 2.17. The van der Waals surface area contributed by atoms with E-state index in [0.29, 0.717) is 12.6 Å². The van der Waals surface area contributed by atoms with Gasteiger partial charge < -0.3 is 20.0 Å². The van der Waals surface area contributed by atoms with E-state index in [1.54, 1.807) is 20.2 Å². The summed E-state index contributed by atoms with van der Waals surface area (Å²) in [7, 11) is 5.84. The third kappa shape index (κ3) is 6.50. The molecule has 0 bridgehead atoms. The van der Waals surface area contributed by atoms with Crippen LogP contribution >= 0.6 is 24.0 Å². The van der Waals surface area contributed by atoms with E-state index in [4.69, 9.17) is 4.42 Å². The largest absolute Gasteiger partial charge is 0.468 e. The summed E-state index contributed by atoms with van der Waals surface area (Å²) >= 11 is 0. The summed E-state index contributed by atoms with van der Waals surface area (Å²) < 4.78 is 5.53. The number of piperidine rings is 1. The van der Waals surface area contributed by atoms with Gasteiger partial charge in [0.1, 0.15) is 5.76 Å². The molecule has 1 aromatic heterocycles. The molecule has 2 N–H and O–H groups in total. The number of hydrogen-bond acceptors (Lipinski definition) is 4. The van der Waals surface area contributed by atoms with Crippen molar-refractivity contribution < 1.29 is 9.21 Å². The van der Waals surface area contributed by atoms with Crippen LogP contribution in [0.15, 0.2) is 27.8 Å². The molecule has 0 aromatic carbocycles. The molecule has 1 fully saturated rings. The molecule has 1 aliphatic heterocycles. The van der Waals surface area contributed by atoms with E-state index in [1.807, 2.05) is 31.1 Å². The molecule has 1 amide bonds. The number of nitrogens with one attached hydrogen (secondary N) is 2. The van der Waals surface area contributed by atoms with Gasteiger partial charge in [0, 0.05) is 39.6 Å². The topological polar surface area (TPSA) is 73.1 Å². The first-order valence-corrected chi connectivity index (χ1v) is 8.43. The molecule has 142 valence electrons. The van der Waals surface area contributed by atoms with Crippen molar-refractivity contribution in [1.82, 2.24) is 20.4 Å². The first kappa shape index (κ1) is 21.8. The lowest BCUT2D eigenvalue weighted by molar-refractivity contribution is -0.129. The van der Waals surface area contributed by atoms with Gasteiger partial charge in [-0.25, -0.2) is 0 Å². The molecule has 0 spiro atoms. The minimum atomic E-state index is 0. The fraction of sp³-hybridized carbons (Fsp3) is 0.647. The van der Waals surface area contributed by atoms with Crippen LogP contribution in [0.4, 0.5) is 0 Å². The van der Waals surface area contributed by atoms with E-state index in [-0.39, 0.29) is 35.9 Å². The molecule has 2 heterocycles. The van der Waals surface area contributed by atoms with Crippen molar-refractivity contribution in [1.29, 1.82) is 0 Å². The molecule has 0 radical (unpaired) electrons. The summed E-state index contributed by atoms with van der Waals surface area (Å²) in [6.07, 6.45) is 3.58. The molecule has 1 unspecified atom stereocenters. The van der Waals surface area contributed by atoms with Gasteiger partial charge in [-0.05, 0) is 39.1 Å². The first-order chi connectivity index (χ1) is 11.5. The molecular weight excluding hydrogens is 433 g/mol. The average molecular weight is 463 g/mol. The summed E-state index contributed by atoms with van der Waals surface area (Å²) in [5.74, 6) is 1.87. The fourth-order valence-corrected chi connectivity index (χ4v) is 2.94. The number of rotatable bonds is 5. The minimum Gasteiger partial charge on any atom is -0.468 e. The van der Waals surface area contributed by atoms with E-state index < -0.39 is 0 Å². The molecule has 25 heavy (non-hydrogen) atoms. The van der Waals surface area contributed by atoms with Gasteiger partial charge in [0.15, 0.2) is 5.96 Å². The van der Waals surface area contributed by atoms with Crippen molar-refractivity contribution >= 4 is 35.8 Å². The van der Waals surface area contributed by atoms with E-state index in [2.05, 4.69) is 20.5 Å². The van der Waals surface area contributed by atoms with Crippen molar-refractivity contribution in [2.24, 2.45) is 4.99 Å². The number of likely N-dealkylation sites (tertiary alicyclic amines) is 1. The highest BCUT2D eigenvalue weighted by molar-refractivity contribution is 14.0. The molecule has 7 nitrogen and oxygen atoms in total. The zero-order chi connectivity index (χ0) is 17.5. The third-order valence-electron chi connectivity index (χ3n) is 4.46. The standard InChI is InChI=1S/C17H29N5O2.HI/c1-13(23)22-9-7-14(8-10-22)20-17(18-2)19-12-15(21(3)4)16-6-5-11-24-16;/h5-6,11,14-15H,7-10,12H2,1-4H3,(H2,18,19,20);1H. The number of aliphatic imine (C=N–C) groups is 1. The Morgan fingerprint density at radius 3 is 2.60 bits per heavy atom. The van der Waals surface area contributed by atoms with Crippen LogP contribution in [0.5, 0.6) is 0 Å². The van der Waals surface area contributed by atoms with Crippen molar-refractivity contribution in [3.05, 3.63) is 24.2 Å². The van der Waals surface area contributed by atoms with Crippen LogP contribution in [-0.4, -0.2) is 68.5 Å². The van der Waals surface area contributed by atoms with Crippen LogP contribution in [-0.2, 0) is 4.79 Å². The lowest BCUT2D eigenvalue weighted by Gasteiger charge is -2.32. The lowest BCUT2D eigenvalue weighted by Crippen LogP contribution is -2.50. The second kappa shape index (κ2) is 10.6. The van der Waals surface area contributed by atoms with Crippen LogP contribution in [0.3, 0.4) is 0 Å². The van der Waals surface area contributed by atoms with Gasteiger partial charge in [0.2, 0.25) is 5.91 Å². The molecule has 1 saturated heterocycles. The number of carbonyl (C=O) groups excluding carboxylic acids is 1. The molecule has 1 atom stereocenters. The van der Waals surface area contributed by atoms with Crippen LogP contribution in [0.25, 0.3) is 0 Å². The maximum absolute atomic E-state index is 11.4. The second-order valence-corrected chi connectivity index (χ2v) is 6.37. The maximum atomic E-state index is 11.4. The van der Waals surface area contributed by atoms with Gasteiger partial charge in [-0.3, -0.25) is 14.7 Å². The Bertz CT molecular complexity index is 539. The summed E-state index contributed by atoms with van der Waals surface area (Å²) in [5, 5.41) is 6.83. The van der Waals surface area contributed by atoms with E-state index in [1.165, 1.54) is 0 Å². The van der Waals surface area contributed by atoms with Crippen LogP contribution in [0.1, 0.15) is 31.6 Å². The average Bonchev–Trinajstić information content (AvgIpc) is 3.08. The number of amides is 1. The minimum absolute atomic E-state index is 0. The molecule has 0 saturated carbocycles. The lowest BCUT2D eigenvalue weighted by atomic mass is 10.1. The molecule has 0 aliphatic carbocycles. The summed E-state index contributed by atoms with van der Waals surface area (Å²) in [6, 6.07) is 4.37. The van der Waals surface area contributed by atoms with Gasteiger partial charge in [0.25, 0.3) is 0 Å². The van der Waals surface area contributed by atoms with Gasteiger partial charge in [0.05, 0.1) is 12.3 Å². The Morgan fingerprint density at radius 2 is 2.12 bits per heavy atom. The number of guanidine groups is 1. The Labute approximate surface area is 167 Å². The number of nitrogens with zero attached hydrogens (tertiary/aromatic N) is 3. The third-order valence-corrected chi connectivity index (χ3v) is 4.46. The Hall–Kier alpha value is -1.29. The Balaban J connectivity index is 0.00000312. The predicted octanol–water partition coefficient (Wildman–Crippen LogP) is 1.68. The zero-order valence-electron chi connectivity index (χ0n) is 15.5. The number of carbonyl (C=O) groups is 1. The molecule has 1 aliphatic rings. The van der Waals surface area contributed by atoms with E-state index in [9.17, 15) is 4.79 Å². The normalized spacial score (nSPS) is 17.2. The van der Waals surface area contributed by atoms with Crippen LogP contribution in [0.2, 0.25) is 0 Å². The quantitative estimate of drug-likeness (QED) is 0.395. The smallest absolute Gasteiger partial charge is 0.219 e. The monoisotopic (exact) mass is 463 g/mol. The fourth-order valence-electron chi connectivity index (χ4n) is 2.94. The first-order valence-electron chi connectivity index (χ1n) is 8.43. The Kier molecular flexibility index (Phi) is 9.26. The Morgan fingerprint density at radius 1 is 1.44 bits per heavy atom. The maximum Gasteiger partial charge on any atom is 0.219 e. The van der Waals surface area contributed by atoms with Crippen molar-refractivity contribution in [3.63, 3.8) is 0 Å². The van der Waals surface area contributed by atoms with Crippen molar-refractivity contribution in [2.45, 2.75) is 31.8 Å². The van der Waals surface area contributed by atoms with E-state index in [0.717, 1.165) is 37.7 Å². The van der Waals surface area contributed by atoms with Crippen molar-refractivity contribution in [2.75, 3.05) is 40.8 Å².